The predicted molar refractivity (Wildman–Crippen MR) is 98.0 cm³/mol. The fourth-order valence-corrected chi connectivity index (χ4v) is 3.74. The summed E-state index contributed by atoms with van der Waals surface area (Å²) in [6.07, 6.45) is 14.9. The van der Waals surface area contributed by atoms with Gasteiger partial charge < -0.3 is 5.11 Å². The molecule has 1 atom stereocenters. The summed E-state index contributed by atoms with van der Waals surface area (Å²) in [7, 11) is 0. The quantitative estimate of drug-likeness (QED) is 0.669. The normalized spacial score (nSPS) is 16.3. The molecule has 1 N–H and O–H groups in total. The maximum Gasteiger partial charge on any atom is 0.159 e. The van der Waals surface area contributed by atoms with Crippen LogP contribution in [-0.2, 0) is 12.8 Å². The van der Waals surface area contributed by atoms with Crippen LogP contribution in [0.2, 0.25) is 0 Å². The van der Waals surface area contributed by atoms with Crippen LogP contribution in [0.15, 0.2) is 30.6 Å². The van der Waals surface area contributed by atoms with Crippen molar-refractivity contribution in [3.63, 3.8) is 0 Å². The summed E-state index contributed by atoms with van der Waals surface area (Å²) in [6.45, 7) is 2.27. The molecule has 1 heterocycles. The summed E-state index contributed by atoms with van der Waals surface area (Å²) >= 11 is 0. The topological polar surface area (TPSA) is 46.0 Å². The zero-order valence-electron chi connectivity index (χ0n) is 14.7. The molecule has 3 nitrogen and oxygen atoms in total. The van der Waals surface area contributed by atoms with E-state index < -0.39 is 0 Å². The highest BCUT2D eigenvalue weighted by Gasteiger charge is 2.21. The number of unbranched alkanes of at least 4 members (excludes halogenated alkanes) is 5. The van der Waals surface area contributed by atoms with E-state index in [0.29, 0.717) is 5.82 Å². The maximum atomic E-state index is 9.32. The van der Waals surface area contributed by atoms with E-state index >= 15 is 0 Å². The standard InChI is InChI=1S/C21H28N2O/c1-2-3-4-5-6-7-8-16-11-17-9-10-18(13-19(17)12-16)21-22-14-20(24)15-23-21/h9-10,13-16,24H,2-8,11-12H2,1H3. The minimum Gasteiger partial charge on any atom is -0.505 e. The minimum absolute atomic E-state index is 0.110. The zero-order valence-corrected chi connectivity index (χ0v) is 14.7. The first-order valence-corrected chi connectivity index (χ1v) is 9.39. The highest BCUT2D eigenvalue weighted by Crippen LogP contribution is 2.32. The van der Waals surface area contributed by atoms with Gasteiger partial charge in [-0.15, -0.1) is 0 Å². The Morgan fingerprint density at radius 2 is 1.67 bits per heavy atom. The van der Waals surface area contributed by atoms with Crippen LogP contribution in [0, 0.1) is 5.92 Å². The molecule has 1 aliphatic rings. The van der Waals surface area contributed by atoms with Crippen molar-refractivity contribution in [2.45, 2.75) is 64.7 Å². The van der Waals surface area contributed by atoms with E-state index in [4.69, 9.17) is 0 Å². The lowest BCUT2D eigenvalue weighted by Crippen LogP contribution is -1.99. The Hall–Kier alpha value is -1.90. The number of aromatic hydroxyl groups is 1. The van der Waals surface area contributed by atoms with Crippen molar-refractivity contribution >= 4 is 0 Å². The molecule has 0 spiro atoms. The molecule has 128 valence electrons. The van der Waals surface area contributed by atoms with Crippen LogP contribution in [0.1, 0.15) is 63.0 Å². The van der Waals surface area contributed by atoms with Gasteiger partial charge in [0.25, 0.3) is 0 Å². The molecule has 3 rings (SSSR count). The second kappa shape index (κ2) is 8.27. The number of fused-ring (bicyclic) bond motifs is 1. The smallest absolute Gasteiger partial charge is 0.159 e. The van der Waals surface area contributed by atoms with Crippen LogP contribution in [0.3, 0.4) is 0 Å². The highest BCUT2D eigenvalue weighted by molar-refractivity contribution is 5.58. The molecule has 0 saturated heterocycles. The average molecular weight is 324 g/mol. The maximum absolute atomic E-state index is 9.32. The SMILES string of the molecule is CCCCCCCCC1Cc2ccc(-c3ncc(O)cn3)cc2C1. The highest BCUT2D eigenvalue weighted by atomic mass is 16.3. The Labute approximate surface area is 145 Å². The van der Waals surface area contributed by atoms with E-state index in [1.807, 2.05) is 0 Å². The molecular weight excluding hydrogens is 296 g/mol. The molecule has 0 radical (unpaired) electrons. The Bertz CT molecular complexity index is 651. The van der Waals surface area contributed by atoms with Gasteiger partial charge in [0.2, 0.25) is 0 Å². The van der Waals surface area contributed by atoms with Crippen LogP contribution < -0.4 is 0 Å². The van der Waals surface area contributed by atoms with Gasteiger partial charge in [-0.05, 0) is 42.4 Å². The largest absolute Gasteiger partial charge is 0.505 e. The third-order valence-electron chi connectivity index (χ3n) is 5.09. The summed E-state index contributed by atoms with van der Waals surface area (Å²) in [5, 5.41) is 9.32. The van der Waals surface area contributed by atoms with Crippen molar-refractivity contribution in [2.75, 3.05) is 0 Å². The van der Waals surface area contributed by atoms with E-state index in [9.17, 15) is 5.11 Å². The number of nitrogens with zero attached hydrogens (tertiary/aromatic N) is 2. The summed E-state index contributed by atoms with van der Waals surface area (Å²) in [5.74, 6) is 1.61. The van der Waals surface area contributed by atoms with Gasteiger partial charge in [-0.2, -0.15) is 0 Å². The zero-order chi connectivity index (χ0) is 16.8. The molecule has 0 bridgehead atoms. The van der Waals surface area contributed by atoms with E-state index in [1.54, 1.807) is 0 Å². The molecule has 0 amide bonds. The molecule has 0 aliphatic heterocycles. The number of rotatable bonds is 8. The Kier molecular flexibility index (Phi) is 5.84. The van der Waals surface area contributed by atoms with Gasteiger partial charge in [-0.1, -0.05) is 57.6 Å². The van der Waals surface area contributed by atoms with Crippen molar-refractivity contribution in [2.24, 2.45) is 5.92 Å². The first-order valence-electron chi connectivity index (χ1n) is 9.39. The molecule has 1 aromatic heterocycles. The first kappa shape index (κ1) is 16.9. The third kappa shape index (κ3) is 4.34. The molecule has 2 aromatic rings. The number of aromatic nitrogens is 2. The van der Waals surface area contributed by atoms with Crippen LogP contribution >= 0.6 is 0 Å². The van der Waals surface area contributed by atoms with Gasteiger partial charge in [0, 0.05) is 5.56 Å². The van der Waals surface area contributed by atoms with E-state index in [0.717, 1.165) is 11.5 Å². The lowest BCUT2D eigenvalue weighted by Gasteiger charge is -2.08. The fraction of sp³-hybridized carbons (Fsp3) is 0.524. The van der Waals surface area contributed by atoms with Crippen molar-refractivity contribution in [1.29, 1.82) is 0 Å². The van der Waals surface area contributed by atoms with Gasteiger partial charge in [0.15, 0.2) is 11.6 Å². The summed E-state index contributed by atoms with van der Waals surface area (Å²) in [4.78, 5) is 8.43. The van der Waals surface area contributed by atoms with Crippen molar-refractivity contribution < 1.29 is 5.11 Å². The van der Waals surface area contributed by atoms with Crippen LogP contribution in [0.5, 0.6) is 5.75 Å². The lowest BCUT2D eigenvalue weighted by molar-refractivity contribution is 0.469. The second-order valence-corrected chi connectivity index (χ2v) is 7.08. The Morgan fingerprint density at radius 1 is 0.958 bits per heavy atom. The summed E-state index contributed by atoms with van der Waals surface area (Å²) in [5.41, 5.74) is 4.00. The van der Waals surface area contributed by atoms with E-state index in [2.05, 4.69) is 35.1 Å². The molecule has 0 fully saturated rings. The molecule has 1 aromatic carbocycles. The van der Waals surface area contributed by atoms with Gasteiger partial charge in [0.05, 0.1) is 12.4 Å². The average Bonchev–Trinajstić information content (AvgIpc) is 3.00. The van der Waals surface area contributed by atoms with Crippen molar-refractivity contribution in [3.05, 3.63) is 41.7 Å². The second-order valence-electron chi connectivity index (χ2n) is 7.08. The third-order valence-corrected chi connectivity index (χ3v) is 5.09. The van der Waals surface area contributed by atoms with Gasteiger partial charge in [-0.3, -0.25) is 0 Å². The summed E-state index contributed by atoms with van der Waals surface area (Å²) in [6, 6.07) is 6.59. The molecule has 24 heavy (non-hydrogen) atoms. The minimum atomic E-state index is 0.110. The number of hydrogen-bond acceptors (Lipinski definition) is 3. The number of hydrogen-bond donors (Lipinski definition) is 1. The van der Waals surface area contributed by atoms with Crippen LogP contribution in [0.25, 0.3) is 11.4 Å². The summed E-state index contributed by atoms with van der Waals surface area (Å²) < 4.78 is 0. The lowest BCUT2D eigenvalue weighted by atomic mass is 9.97. The number of benzene rings is 1. The van der Waals surface area contributed by atoms with Gasteiger partial charge in [0.1, 0.15) is 0 Å². The van der Waals surface area contributed by atoms with Crippen LogP contribution in [-0.4, -0.2) is 15.1 Å². The molecular formula is C21H28N2O. The fourth-order valence-electron chi connectivity index (χ4n) is 3.74. The van der Waals surface area contributed by atoms with Gasteiger partial charge in [-0.25, -0.2) is 9.97 Å². The molecule has 0 saturated carbocycles. The van der Waals surface area contributed by atoms with Crippen LogP contribution in [0.4, 0.5) is 0 Å². The van der Waals surface area contributed by atoms with E-state index in [1.165, 1.54) is 81.3 Å². The molecule has 1 aliphatic carbocycles. The van der Waals surface area contributed by atoms with Gasteiger partial charge >= 0.3 is 0 Å². The Balaban J connectivity index is 1.53. The first-order chi connectivity index (χ1) is 11.8. The van der Waals surface area contributed by atoms with Crippen molar-refractivity contribution in [1.82, 2.24) is 9.97 Å². The predicted octanol–water partition coefficient (Wildman–Crippen LogP) is 5.31. The Morgan fingerprint density at radius 3 is 2.46 bits per heavy atom. The molecule has 1 unspecified atom stereocenters. The van der Waals surface area contributed by atoms with Crippen molar-refractivity contribution in [3.8, 4) is 17.1 Å². The van der Waals surface area contributed by atoms with E-state index in [-0.39, 0.29) is 5.75 Å². The molecule has 3 heteroatoms. The monoisotopic (exact) mass is 324 g/mol.